The number of benzene rings is 1. The highest BCUT2D eigenvalue weighted by molar-refractivity contribution is 7.10. The molecule has 138 valence electrons. The molecule has 1 saturated carbocycles. The maximum Gasteiger partial charge on any atom is 0.273 e. The number of thiophene rings is 1. The zero-order chi connectivity index (χ0) is 18.4. The Morgan fingerprint density at radius 2 is 1.89 bits per heavy atom. The van der Waals surface area contributed by atoms with Gasteiger partial charge in [-0.15, -0.1) is 11.3 Å². The summed E-state index contributed by atoms with van der Waals surface area (Å²) in [5, 5.41) is 10.3. The fourth-order valence-corrected chi connectivity index (χ4v) is 5.41. The van der Waals surface area contributed by atoms with Crippen molar-refractivity contribution in [2.24, 2.45) is 0 Å². The Bertz CT molecular complexity index is 958. The summed E-state index contributed by atoms with van der Waals surface area (Å²) in [6, 6.07) is 12.1. The third kappa shape index (κ3) is 2.80. The van der Waals surface area contributed by atoms with Crippen LogP contribution in [0.5, 0.6) is 0 Å². The van der Waals surface area contributed by atoms with Crippen LogP contribution in [0.2, 0.25) is 5.02 Å². The van der Waals surface area contributed by atoms with Crippen LogP contribution in [0.3, 0.4) is 0 Å². The maximum absolute atomic E-state index is 13.3. The number of aromatic amines is 1. The van der Waals surface area contributed by atoms with Crippen molar-refractivity contribution in [2.75, 3.05) is 0 Å². The fourth-order valence-electron chi connectivity index (χ4n) is 4.46. The summed E-state index contributed by atoms with van der Waals surface area (Å²) >= 11 is 7.77. The van der Waals surface area contributed by atoms with Crippen LogP contribution in [0.25, 0.3) is 11.3 Å². The van der Waals surface area contributed by atoms with E-state index in [2.05, 4.69) is 32.6 Å². The van der Waals surface area contributed by atoms with Crippen LogP contribution in [0.1, 0.15) is 59.1 Å². The molecule has 0 spiro atoms. The molecule has 2 aromatic heterocycles. The van der Waals surface area contributed by atoms with Crippen molar-refractivity contribution in [3.63, 3.8) is 0 Å². The first-order valence-corrected chi connectivity index (χ1v) is 10.7. The first-order valence-electron chi connectivity index (χ1n) is 9.44. The lowest BCUT2D eigenvalue weighted by Crippen LogP contribution is -2.40. The predicted octanol–water partition coefficient (Wildman–Crippen LogP) is 5.67. The van der Waals surface area contributed by atoms with Gasteiger partial charge in [0.1, 0.15) is 5.69 Å². The van der Waals surface area contributed by atoms with Gasteiger partial charge in [0, 0.05) is 27.1 Å². The number of H-pyrrole nitrogens is 1. The van der Waals surface area contributed by atoms with Crippen molar-refractivity contribution >= 4 is 28.8 Å². The molecule has 1 amide bonds. The third-order valence-corrected chi connectivity index (χ3v) is 6.88. The molecule has 1 aromatic carbocycles. The van der Waals surface area contributed by atoms with Crippen LogP contribution in [0.4, 0.5) is 0 Å². The van der Waals surface area contributed by atoms with Crippen molar-refractivity contribution in [1.29, 1.82) is 0 Å². The molecule has 3 heterocycles. The second-order valence-electron chi connectivity index (χ2n) is 7.29. The van der Waals surface area contributed by atoms with Gasteiger partial charge in [0.15, 0.2) is 0 Å². The fraction of sp³-hybridized carbons (Fsp3) is 0.333. The van der Waals surface area contributed by atoms with E-state index in [4.69, 9.17) is 11.6 Å². The summed E-state index contributed by atoms with van der Waals surface area (Å²) in [5.41, 5.74) is 3.49. The van der Waals surface area contributed by atoms with Crippen molar-refractivity contribution in [3.8, 4) is 11.3 Å². The van der Waals surface area contributed by atoms with Crippen LogP contribution in [-0.4, -0.2) is 27.0 Å². The van der Waals surface area contributed by atoms with Crippen molar-refractivity contribution < 1.29 is 4.79 Å². The van der Waals surface area contributed by atoms with E-state index in [1.165, 1.54) is 24.1 Å². The minimum Gasteiger partial charge on any atom is -0.322 e. The molecule has 1 aliphatic carbocycles. The first-order chi connectivity index (χ1) is 13.2. The quantitative estimate of drug-likeness (QED) is 0.619. The summed E-state index contributed by atoms with van der Waals surface area (Å²) in [4.78, 5) is 16.7. The lowest BCUT2D eigenvalue weighted by Gasteiger charge is -2.35. The van der Waals surface area contributed by atoms with E-state index in [1.54, 1.807) is 11.3 Å². The highest BCUT2D eigenvalue weighted by atomic mass is 35.5. The molecule has 1 atom stereocenters. The number of aromatic nitrogens is 2. The van der Waals surface area contributed by atoms with Gasteiger partial charge in [0.2, 0.25) is 0 Å². The van der Waals surface area contributed by atoms with Gasteiger partial charge in [-0.3, -0.25) is 9.89 Å². The monoisotopic (exact) mass is 397 g/mol. The Morgan fingerprint density at radius 3 is 2.59 bits per heavy atom. The zero-order valence-corrected chi connectivity index (χ0v) is 16.4. The smallest absolute Gasteiger partial charge is 0.273 e. The molecular formula is C21H20ClN3OS. The molecular weight excluding hydrogens is 378 g/mol. The normalized spacial score (nSPS) is 20.3. The minimum absolute atomic E-state index is 0.0555. The number of nitrogens with zero attached hydrogens (tertiary/aromatic N) is 2. The molecule has 6 heteroatoms. The van der Waals surface area contributed by atoms with Crippen LogP contribution < -0.4 is 0 Å². The lowest BCUT2D eigenvalue weighted by atomic mass is 9.92. The van der Waals surface area contributed by atoms with Crippen molar-refractivity contribution in [3.05, 3.63) is 62.9 Å². The largest absolute Gasteiger partial charge is 0.322 e. The Balaban J connectivity index is 1.64. The summed E-state index contributed by atoms with van der Waals surface area (Å²) in [6.45, 7) is 0. The molecule has 3 aromatic rings. The number of carbonyl (C=O) groups excluding carboxylic acids is 1. The molecule has 0 bridgehead atoms. The second-order valence-corrected chi connectivity index (χ2v) is 8.71. The van der Waals surface area contributed by atoms with Crippen molar-refractivity contribution in [1.82, 2.24) is 15.1 Å². The molecule has 1 unspecified atom stereocenters. The highest BCUT2D eigenvalue weighted by Crippen LogP contribution is 2.46. The van der Waals surface area contributed by atoms with Gasteiger partial charge in [-0.2, -0.15) is 5.10 Å². The molecule has 5 rings (SSSR count). The molecule has 4 nitrogen and oxygen atoms in total. The summed E-state index contributed by atoms with van der Waals surface area (Å²) in [5.74, 6) is 0.0861. The topological polar surface area (TPSA) is 49.0 Å². The third-order valence-electron chi connectivity index (χ3n) is 5.70. The number of rotatable bonds is 3. The molecule has 1 aliphatic heterocycles. The van der Waals surface area contributed by atoms with Gasteiger partial charge in [-0.1, -0.05) is 49.1 Å². The van der Waals surface area contributed by atoms with Crippen LogP contribution in [0, 0.1) is 0 Å². The summed E-state index contributed by atoms with van der Waals surface area (Å²) < 4.78 is 0. The van der Waals surface area contributed by atoms with Gasteiger partial charge in [-0.05, 0) is 36.4 Å². The average molecular weight is 398 g/mol. The van der Waals surface area contributed by atoms with Crippen molar-refractivity contribution in [2.45, 2.75) is 44.2 Å². The standard InChI is InChI=1S/C21H20ClN3OS/c22-14-10-8-13(9-11-14)18-17-19(24-23-18)21(26)25(15-5-2-1-3-6-15)20(17)16-7-4-12-27-16/h4,7-12,15,20H,1-3,5-6H2,(H,23,24). The molecule has 1 fully saturated rings. The SMILES string of the molecule is O=C1c2[nH]nc(-c3ccc(Cl)cc3)c2C(c2cccs2)N1C1CCCCC1. The van der Waals surface area contributed by atoms with Gasteiger partial charge in [0.25, 0.3) is 5.91 Å². The maximum atomic E-state index is 13.3. The minimum atomic E-state index is -0.0555. The lowest BCUT2D eigenvalue weighted by molar-refractivity contribution is 0.0609. The van der Waals surface area contributed by atoms with E-state index in [1.807, 2.05) is 24.3 Å². The first kappa shape index (κ1) is 17.0. The Labute approximate surface area is 167 Å². The summed E-state index contributed by atoms with van der Waals surface area (Å²) in [6.07, 6.45) is 5.83. The highest BCUT2D eigenvalue weighted by Gasteiger charge is 2.45. The number of carbonyl (C=O) groups is 1. The second kappa shape index (κ2) is 6.80. The van der Waals surface area contributed by atoms with E-state index >= 15 is 0 Å². The van der Waals surface area contributed by atoms with Gasteiger partial charge < -0.3 is 4.90 Å². The molecule has 0 radical (unpaired) electrons. The molecule has 1 N–H and O–H groups in total. The molecule has 0 saturated heterocycles. The number of halogens is 1. The van der Waals surface area contributed by atoms with Crippen LogP contribution in [0.15, 0.2) is 41.8 Å². The number of hydrogen-bond donors (Lipinski definition) is 1. The van der Waals surface area contributed by atoms with Crippen LogP contribution >= 0.6 is 22.9 Å². The van der Waals surface area contributed by atoms with Gasteiger partial charge >= 0.3 is 0 Å². The molecule has 2 aliphatic rings. The number of hydrogen-bond acceptors (Lipinski definition) is 3. The zero-order valence-electron chi connectivity index (χ0n) is 14.8. The van der Waals surface area contributed by atoms with Gasteiger partial charge in [-0.25, -0.2) is 0 Å². The van der Waals surface area contributed by atoms with Gasteiger partial charge in [0.05, 0.1) is 11.7 Å². The van der Waals surface area contributed by atoms with E-state index in [0.29, 0.717) is 16.8 Å². The van der Waals surface area contributed by atoms with E-state index in [0.717, 1.165) is 29.7 Å². The Hall–Kier alpha value is -2.11. The van der Waals surface area contributed by atoms with Crippen LogP contribution in [-0.2, 0) is 0 Å². The number of nitrogens with one attached hydrogen (secondary N) is 1. The molecule has 27 heavy (non-hydrogen) atoms. The van der Waals surface area contributed by atoms with E-state index in [-0.39, 0.29) is 11.9 Å². The number of amides is 1. The van der Waals surface area contributed by atoms with E-state index in [9.17, 15) is 4.79 Å². The Kier molecular flexibility index (Phi) is 4.29. The van der Waals surface area contributed by atoms with E-state index < -0.39 is 0 Å². The average Bonchev–Trinajstić information content (AvgIpc) is 3.41. The summed E-state index contributed by atoms with van der Waals surface area (Å²) in [7, 11) is 0. The predicted molar refractivity (Wildman–Crippen MR) is 108 cm³/mol. The number of fused-ring (bicyclic) bond motifs is 1. The Morgan fingerprint density at radius 1 is 1.11 bits per heavy atom.